The van der Waals surface area contributed by atoms with Crippen molar-refractivity contribution in [2.24, 2.45) is 0 Å². The van der Waals surface area contributed by atoms with Crippen LogP contribution in [-0.4, -0.2) is 55.1 Å². The van der Waals surface area contributed by atoms with Gasteiger partial charge in [0.25, 0.3) is 6.43 Å². The quantitative estimate of drug-likeness (QED) is 0.872. The number of ether oxygens (including phenoxy) is 1. The van der Waals surface area contributed by atoms with Gasteiger partial charge in [-0.1, -0.05) is 0 Å². The van der Waals surface area contributed by atoms with Crippen molar-refractivity contribution in [2.75, 3.05) is 32.1 Å². The summed E-state index contributed by atoms with van der Waals surface area (Å²) in [5, 5.41) is 5.53. The van der Waals surface area contributed by atoms with Gasteiger partial charge in [0.05, 0.1) is 13.7 Å². The van der Waals surface area contributed by atoms with Gasteiger partial charge in [0.2, 0.25) is 5.88 Å². The predicted molar refractivity (Wildman–Crippen MR) is 78.4 cm³/mol. The second kappa shape index (κ2) is 7.88. The third-order valence-corrected chi connectivity index (χ3v) is 3.53. The molecule has 122 valence electrons. The Hall–Kier alpha value is -1.96. The Balaban J connectivity index is 1.79. The summed E-state index contributed by atoms with van der Waals surface area (Å²) >= 11 is 0. The minimum Gasteiger partial charge on any atom is -0.480 e. The number of halogens is 2. The highest BCUT2D eigenvalue weighted by atomic mass is 19.3. The van der Waals surface area contributed by atoms with Crippen molar-refractivity contribution in [1.29, 1.82) is 0 Å². The van der Waals surface area contributed by atoms with Gasteiger partial charge >= 0.3 is 6.03 Å². The van der Waals surface area contributed by atoms with Gasteiger partial charge in [0.15, 0.2) is 0 Å². The summed E-state index contributed by atoms with van der Waals surface area (Å²) in [5.41, 5.74) is 0.484. The summed E-state index contributed by atoms with van der Waals surface area (Å²) in [5.74, 6) is 0.337. The van der Waals surface area contributed by atoms with Crippen molar-refractivity contribution < 1.29 is 18.3 Å². The summed E-state index contributed by atoms with van der Waals surface area (Å²) < 4.78 is 29.7. The average Bonchev–Trinajstić information content (AvgIpc) is 2.49. The first-order chi connectivity index (χ1) is 10.6. The largest absolute Gasteiger partial charge is 0.480 e. The zero-order valence-corrected chi connectivity index (χ0v) is 12.4. The fourth-order valence-corrected chi connectivity index (χ4v) is 2.45. The molecule has 1 aromatic heterocycles. The Labute approximate surface area is 127 Å². The van der Waals surface area contributed by atoms with Gasteiger partial charge < -0.3 is 15.4 Å². The molecule has 6 nitrogen and oxygen atoms in total. The lowest BCUT2D eigenvalue weighted by Crippen LogP contribution is -2.46. The molecule has 0 unspecified atom stereocenters. The molecule has 0 atom stereocenters. The molecule has 0 aliphatic carbocycles. The lowest BCUT2D eigenvalue weighted by Gasteiger charge is -2.32. The molecule has 0 saturated carbocycles. The highest BCUT2D eigenvalue weighted by Gasteiger charge is 2.22. The lowest BCUT2D eigenvalue weighted by molar-refractivity contribution is 0.0739. The van der Waals surface area contributed by atoms with Crippen LogP contribution in [0.25, 0.3) is 0 Å². The van der Waals surface area contributed by atoms with Crippen molar-refractivity contribution in [2.45, 2.75) is 25.3 Å². The molecule has 1 aromatic rings. The van der Waals surface area contributed by atoms with Gasteiger partial charge in [-0.15, -0.1) is 0 Å². The van der Waals surface area contributed by atoms with Crippen LogP contribution in [0.5, 0.6) is 5.88 Å². The van der Waals surface area contributed by atoms with E-state index in [2.05, 4.69) is 15.6 Å². The normalized spacial score (nSPS) is 16.5. The number of nitrogens with zero attached hydrogens (tertiary/aromatic N) is 2. The van der Waals surface area contributed by atoms with Crippen molar-refractivity contribution in [3.05, 3.63) is 18.3 Å². The number of hydrogen-bond donors (Lipinski definition) is 2. The van der Waals surface area contributed by atoms with Gasteiger partial charge in [-0.2, -0.15) is 0 Å². The van der Waals surface area contributed by atoms with E-state index in [1.807, 2.05) is 0 Å². The topological polar surface area (TPSA) is 66.5 Å². The fourth-order valence-electron chi connectivity index (χ4n) is 2.45. The Morgan fingerprint density at radius 3 is 2.86 bits per heavy atom. The van der Waals surface area contributed by atoms with Crippen LogP contribution in [0.3, 0.4) is 0 Å². The molecule has 0 radical (unpaired) electrons. The highest BCUT2D eigenvalue weighted by Crippen LogP contribution is 2.19. The second-order valence-corrected chi connectivity index (χ2v) is 5.12. The maximum atomic E-state index is 12.3. The summed E-state index contributed by atoms with van der Waals surface area (Å²) in [6, 6.07) is 3.02. The first-order valence-electron chi connectivity index (χ1n) is 7.15. The van der Waals surface area contributed by atoms with Gasteiger partial charge in [-0.3, -0.25) is 4.90 Å². The van der Waals surface area contributed by atoms with E-state index < -0.39 is 6.43 Å². The molecule has 22 heavy (non-hydrogen) atoms. The van der Waals surface area contributed by atoms with Crippen LogP contribution >= 0.6 is 0 Å². The van der Waals surface area contributed by atoms with Gasteiger partial charge in [0, 0.05) is 25.3 Å². The maximum absolute atomic E-state index is 12.3. The summed E-state index contributed by atoms with van der Waals surface area (Å²) in [7, 11) is 1.48. The number of likely N-dealkylation sites (tertiary alicyclic amines) is 1. The number of pyridine rings is 1. The van der Waals surface area contributed by atoms with E-state index in [9.17, 15) is 13.6 Å². The molecular formula is C14H20F2N4O2. The molecular weight excluding hydrogens is 294 g/mol. The predicted octanol–water partition coefficient (Wildman–Crippen LogP) is 1.94. The van der Waals surface area contributed by atoms with Crippen LogP contribution in [-0.2, 0) is 0 Å². The van der Waals surface area contributed by atoms with E-state index in [0.29, 0.717) is 37.5 Å². The molecule has 0 aromatic carbocycles. The Morgan fingerprint density at radius 2 is 2.23 bits per heavy atom. The summed E-state index contributed by atoms with van der Waals surface area (Å²) in [6.07, 6.45) is 0.570. The van der Waals surface area contributed by atoms with E-state index in [4.69, 9.17) is 4.74 Å². The van der Waals surface area contributed by atoms with E-state index in [0.717, 1.165) is 0 Å². The molecule has 0 spiro atoms. The van der Waals surface area contributed by atoms with Crippen molar-refractivity contribution in [3.8, 4) is 5.88 Å². The zero-order chi connectivity index (χ0) is 15.9. The number of hydrogen-bond acceptors (Lipinski definition) is 4. The highest BCUT2D eigenvalue weighted by molar-refractivity contribution is 5.90. The molecule has 2 amide bonds. The number of urea groups is 1. The average molecular weight is 314 g/mol. The molecule has 2 rings (SSSR count). The van der Waals surface area contributed by atoms with Crippen molar-refractivity contribution >= 4 is 11.7 Å². The lowest BCUT2D eigenvalue weighted by atomic mass is 10.1. The molecule has 0 bridgehead atoms. The van der Waals surface area contributed by atoms with E-state index in [-0.39, 0.29) is 18.6 Å². The van der Waals surface area contributed by atoms with Crippen LogP contribution in [0.2, 0.25) is 0 Å². The van der Waals surface area contributed by atoms with Crippen LogP contribution in [0.4, 0.5) is 19.3 Å². The van der Waals surface area contributed by atoms with Gasteiger partial charge in [0.1, 0.15) is 5.69 Å². The molecule has 1 fully saturated rings. The van der Waals surface area contributed by atoms with Crippen molar-refractivity contribution in [3.63, 3.8) is 0 Å². The van der Waals surface area contributed by atoms with E-state index in [1.165, 1.54) is 7.11 Å². The summed E-state index contributed by atoms with van der Waals surface area (Å²) in [4.78, 5) is 17.7. The number of aromatic nitrogens is 1. The molecule has 1 aliphatic rings. The number of nitrogens with one attached hydrogen (secondary N) is 2. The first kappa shape index (κ1) is 16.4. The number of methoxy groups -OCH3 is 1. The van der Waals surface area contributed by atoms with E-state index >= 15 is 0 Å². The van der Waals surface area contributed by atoms with Gasteiger partial charge in [-0.05, 0) is 25.0 Å². The number of piperidine rings is 1. The molecule has 2 heterocycles. The minimum absolute atomic E-state index is 0.0170. The zero-order valence-electron chi connectivity index (χ0n) is 12.4. The van der Waals surface area contributed by atoms with Crippen LogP contribution in [0, 0.1) is 0 Å². The molecule has 2 N–H and O–H groups in total. The fraction of sp³-hybridized carbons (Fsp3) is 0.571. The second-order valence-electron chi connectivity index (χ2n) is 5.12. The number of alkyl halides is 2. The molecule has 1 aliphatic heterocycles. The number of carbonyl (C=O) groups is 1. The first-order valence-corrected chi connectivity index (χ1v) is 7.15. The maximum Gasteiger partial charge on any atom is 0.319 e. The monoisotopic (exact) mass is 314 g/mol. The minimum atomic E-state index is -2.31. The smallest absolute Gasteiger partial charge is 0.319 e. The Morgan fingerprint density at radius 1 is 1.50 bits per heavy atom. The Bertz CT molecular complexity index is 493. The van der Waals surface area contributed by atoms with Crippen molar-refractivity contribution in [1.82, 2.24) is 15.2 Å². The number of amides is 2. The van der Waals surface area contributed by atoms with Gasteiger partial charge in [-0.25, -0.2) is 18.6 Å². The number of rotatable bonds is 5. The standard InChI is InChI=1S/C14H20F2N4O2/c1-22-13-11(3-2-6-17-13)19-14(21)18-10-4-7-20(8-5-10)9-12(15)16/h2-3,6,10,12H,4-5,7-9H2,1H3,(H2,18,19,21). The number of anilines is 1. The summed E-state index contributed by atoms with van der Waals surface area (Å²) in [6.45, 7) is 0.919. The van der Waals surface area contributed by atoms with E-state index in [1.54, 1.807) is 23.2 Å². The van der Waals surface area contributed by atoms with Crippen LogP contribution < -0.4 is 15.4 Å². The third-order valence-electron chi connectivity index (χ3n) is 3.53. The SMILES string of the molecule is COc1ncccc1NC(=O)NC1CCN(CC(F)F)CC1. The number of carbonyl (C=O) groups excluding carboxylic acids is 1. The molecule has 8 heteroatoms. The van der Waals surface area contributed by atoms with Crippen LogP contribution in [0.15, 0.2) is 18.3 Å². The third kappa shape index (κ3) is 4.80. The molecule has 1 saturated heterocycles. The van der Waals surface area contributed by atoms with Crippen LogP contribution in [0.1, 0.15) is 12.8 Å². The Kier molecular flexibility index (Phi) is 5.88.